The number of aliphatic imine (C=N–C) groups is 1. The van der Waals surface area contributed by atoms with Gasteiger partial charge in [0.1, 0.15) is 6.67 Å². The van der Waals surface area contributed by atoms with Crippen molar-refractivity contribution in [3.63, 3.8) is 0 Å². The SMILES string of the molecule is O=C(Cc1ccccc1)Nc1nnc(NC2CCN(C3=NCN(NC(=O)c4cn[nH]c4)S3)CC2)s1. The van der Waals surface area contributed by atoms with Crippen LogP contribution in [0.1, 0.15) is 28.8 Å². The van der Waals surface area contributed by atoms with Crippen LogP contribution in [0.4, 0.5) is 10.3 Å². The fourth-order valence-corrected chi connectivity index (χ4v) is 5.31. The molecule has 3 aromatic rings. The molecule has 0 unspecified atom stereocenters. The molecular weight excluding hydrogens is 488 g/mol. The summed E-state index contributed by atoms with van der Waals surface area (Å²) in [6.07, 6.45) is 5.16. The zero-order valence-corrected chi connectivity index (χ0v) is 20.3. The number of hydrogen-bond acceptors (Lipinski definition) is 11. The second-order valence-electron chi connectivity index (χ2n) is 8.01. The number of aromatic nitrogens is 4. The average molecular weight is 513 g/mol. The molecular formula is C21H24N10O2S2. The van der Waals surface area contributed by atoms with E-state index in [0.717, 1.165) is 36.7 Å². The van der Waals surface area contributed by atoms with Crippen LogP contribution in [-0.4, -0.2) is 72.5 Å². The number of anilines is 2. The molecule has 0 spiro atoms. The molecule has 0 radical (unpaired) electrons. The van der Waals surface area contributed by atoms with Gasteiger partial charge in [-0.15, -0.1) is 14.6 Å². The van der Waals surface area contributed by atoms with Crippen molar-refractivity contribution in [1.29, 1.82) is 0 Å². The van der Waals surface area contributed by atoms with Crippen LogP contribution in [0.15, 0.2) is 47.7 Å². The van der Waals surface area contributed by atoms with Gasteiger partial charge in [-0.05, 0) is 18.4 Å². The average Bonchev–Trinajstić information content (AvgIpc) is 3.63. The van der Waals surface area contributed by atoms with Crippen molar-refractivity contribution in [1.82, 2.24) is 35.1 Å². The number of benzene rings is 1. The molecule has 2 aliphatic rings. The summed E-state index contributed by atoms with van der Waals surface area (Å²) in [5, 5.41) is 23.0. The van der Waals surface area contributed by atoms with Gasteiger partial charge in [0.05, 0.1) is 18.2 Å². The fraction of sp³-hybridized carbons (Fsp3) is 0.333. The van der Waals surface area contributed by atoms with E-state index in [1.165, 1.54) is 29.5 Å². The van der Waals surface area contributed by atoms with Crippen LogP contribution >= 0.6 is 23.3 Å². The Hall–Kier alpha value is -3.49. The van der Waals surface area contributed by atoms with Crippen LogP contribution in [0.3, 0.4) is 0 Å². The molecule has 2 amide bonds. The number of amidine groups is 1. The summed E-state index contributed by atoms with van der Waals surface area (Å²) >= 11 is 2.76. The van der Waals surface area contributed by atoms with Gasteiger partial charge < -0.3 is 15.5 Å². The lowest BCUT2D eigenvalue weighted by molar-refractivity contribution is -0.115. The molecule has 2 aromatic heterocycles. The summed E-state index contributed by atoms with van der Waals surface area (Å²) in [7, 11) is 0. The number of hydrazine groups is 1. The second-order valence-corrected chi connectivity index (χ2v) is 9.97. The van der Waals surface area contributed by atoms with Gasteiger partial charge in [0.2, 0.25) is 16.2 Å². The minimum Gasteiger partial charge on any atom is -0.357 e. The van der Waals surface area contributed by atoms with Crippen molar-refractivity contribution in [2.24, 2.45) is 4.99 Å². The van der Waals surface area contributed by atoms with E-state index in [9.17, 15) is 9.59 Å². The first-order valence-electron chi connectivity index (χ1n) is 11.1. The van der Waals surface area contributed by atoms with Gasteiger partial charge >= 0.3 is 0 Å². The number of nitrogens with one attached hydrogen (secondary N) is 4. The standard InChI is InChI=1S/C21H24N10O2S2/c32-17(10-14-4-2-1-3-5-14)26-20-28-27-19(34-20)25-16-6-8-30(9-7-16)21-22-13-31(35-21)29-18(33)15-11-23-24-12-15/h1-5,11-12,16H,6-10,13H2,(H,23,24)(H,25,27)(H,29,33)(H,26,28,32). The molecule has 0 atom stereocenters. The first-order chi connectivity index (χ1) is 17.1. The molecule has 4 heterocycles. The fourth-order valence-electron chi connectivity index (χ4n) is 3.72. The Labute approximate surface area is 209 Å². The van der Waals surface area contributed by atoms with Crippen LogP contribution in [0.25, 0.3) is 0 Å². The monoisotopic (exact) mass is 512 g/mol. The van der Waals surface area contributed by atoms with Crippen molar-refractivity contribution in [2.75, 3.05) is 30.4 Å². The van der Waals surface area contributed by atoms with Crippen molar-refractivity contribution in [2.45, 2.75) is 25.3 Å². The number of H-pyrrole nitrogens is 1. The zero-order valence-electron chi connectivity index (χ0n) is 18.7. The van der Waals surface area contributed by atoms with Crippen LogP contribution in [0, 0.1) is 0 Å². The van der Waals surface area contributed by atoms with Gasteiger partial charge in [-0.25, -0.2) is 4.99 Å². The predicted octanol–water partition coefficient (Wildman–Crippen LogP) is 1.94. The number of likely N-dealkylation sites (tertiary alicyclic amines) is 1. The van der Waals surface area contributed by atoms with E-state index < -0.39 is 0 Å². The lowest BCUT2D eigenvalue weighted by Crippen LogP contribution is -2.42. The first kappa shape index (κ1) is 23.3. The molecule has 2 aliphatic heterocycles. The molecule has 1 aromatic carbocycles. The number of nitrogens with zero attached hydrogens (tertiary/aromatic N) is 6. The molecule has 14 heteroatoms. The largest absolute Gasteiger partial charge is 0.357 e. The topological polar surface area (TPSA) is 144 Å². The third-order valence-corrected chi connectivity index (χ3v) is 7.23. The molecule has 12 nitrogen and oxygen atoms in total. The van der Waals surface area contributed by atoms with E-state index in [-0.39, 0.29) is 17.9 Å². The third-order valence-electron chi connectivity index (χ3n) is 5.48. The van der Waals surface area contributed by atoms with Gasteiger partial charge in [0, 0.05) is 37.3 Å². The predicted molar refractivity (Wildman–Crippen MR) is 135 cm³/mol. The van der Waals surface area contributed by atoms with Crippen LogP contribution in [0.2, 0.25) is 0 Å². The van der Waals surface area contributed by atoms with Gasteiger partial charge in [-0.1, -0.05) is 41.7 Å². The summed E-state index contributed by atoms with van der Waals surface area (Å²) in [6, 6.07) is 9.85. The number of piperidine rings is 1. The zero-order chi connectivity index (χ0) is 24.0. The van der Waals surface area contributed by atoms with Gasteiger partial charge in [0.15, 0.2) is 5.17 Å². The van der Waals surface area contributed by atoms with Gasteiger partial charge in [-0.2, -0.15) is 5.10 Å². The number of hydrogen-bond donors (Lipinski definition) is 4. The third kappa shape index (κ3) is 6.15. The smallest absolute Gasteiger partial charge is 0.269 e. The summed E-state index contributed by atoms with van der Waals surface area (Å²) in [5.41, 5.74) is 4.25. The lowest BCUT2D eigenvalue weighted by atomic mass is 10.1. The molecule has 182 valence electrons. The molecule has 1 saturated heterocycles. The Morgan fingerprint density at radius 1 is 1.11 bits per heavy atom. The van der Waals surface area contributed by atoms with E-state index in [0.29, 0.717) is 28.9 Å². The number of amides is 2. The Kier molecular flexibility index (Phi) is 7.20. The molecule has 1 fully saturated rings. The lowest BCUT2D eigenvalue weighted by Gasteiger charge is -2.33. The summed E-state index contributed by atoms with van der Waals surface area (Å²) in [4.78, 5) is 31.2. The van der Waals surface area contributed by atoms with E-state index in [2.05, 4.69) is 46.3 Å². The van der Waals surface area contributed by atoms with Crippen LogP contribution in [-0.2, 0) is 11.2 Å². The number of rotatable bonds is 7. The second kappa shape index (κ2) is 10.8. The van der Waals surface area contributed by atoms with Gasteiger partial charge in [-0.3, -0.25) is 20.1 Å². The maximum absolute atomic E-state index is 12.2. The molecule has 4 N–H and O–H groups in total. The Bertz CT molecular complexity index is 1180. The van der Waals surface area contributed by atoms with Crippen molar-refractivity contribution < 1.29 is 9.59 Å². The molecule has 0 bridgehead atoms. The summed E-state index contributed by atoms with van der Waals surface area (Å²) in [5.74, 6) is -0.338. The highest BCUT2D eigenvalue weighted by Crippen LogP contribution is 2.26. The van der Waals surface area contributed by atoms with Gasteiger partial charge in [0.25, 0.3) is 5.91 Å². The Morgan fingerprint density at radius 2 is 1.91 bits per heavy atom. The number of aromatic amines is 1. The first-order valence-corrected chi connectivity index (χ1v) is 12.7. The molecule has 5 rings (SSSR count). The Morgan fingerprint density at radius 3 is 2.69 bits per heavy atom. The van der Waals surface area contributed by atoms with E-state index in [1.54, 1.807) is 10.6 Å². The van der Waals surface area contributed by atoms with E-state index in [4.69, 9.17) is 0 Å². The minimum absolute atomic E-state index is 0.114. The minimum atomic E-state index is -0.224. The van der Waals surface area contributed by atoms with Crippen molar-refractivity contribution >= 4 is 50.5 Å². The highest BCUT2D eigenvalue weighted by atomic mass is 32.2. The highest BCUT2D eigenvalue weighted by molar-refractivity contribution is 8.12. The number of carbonyl (C=O) groups excluding carboxylic acids is 2. The molecule has 35 heavy (non-hydrogen) atoms. The normalized spacial score (nSPS) is 16.7. The van der Waals surface area contributed by atoms with Crippen molar-refractivity contribution in [3.05, 3.63) is 53.9 Å². The van der Waals surface area contributed by atoms with Crippen molar-refractivity contribution in [3.8, 4) is 0 Å². The number of carbonyl (C=O) groups is 2. The van der Waals surface area contributed by atoms with Crippen LogP contribution in [0.5, 0.6) is 0 Å². The Balaban J connectivity index is 1.04. The van der Waals surface area contributed by atoms with Crippen LogP contribution < -0.4 is 16.1 Å². The summed E-state index contributed by atoms with van der Waals surface area (Å²) in [6.45, 7) is 2.07. The molecule has 0 aliphatic carbocycles. The van der Waals surface area contributed by atoms with E-state index in [1.807, 2.05) is 30.3 Å². The quantitative estimate of drug-likeness (QED) is 0.349. The highest BCUT2D eigenvalue weighted by Gasteiger charge is 2.28. The maximum atomic E-state index is 12.2. The maximum Gasteiger partial charge on any atom is 0.269 e. The summed E-state index contributed by atoms with van der Waals surface area (Å²) < 4.78 is 1.71. The molecule has 0 saturated carbocycles. The van der Waals surface area contributed by atoms with E-state index >= 15 is 0 Å².